The molecule has 1 aliphatic rings. The number of rotatable bonds is 7. The number of nitrogens with one attached hydrogen (secondary N) is 1. The number of pyridine rings is 1. The van der Waals surface area contributed by atoms with Crippen molar-refractivity contribution in [1.29, 1.82) is 5.41 Å². The van der Waals surface area contributed by atoms with Gasteiger partial charge in [0.2, 0.25) is 5.91 Å². The summed E-state index contributed by atoms with van der Waals surface area (Å²) in [6.45, 7) is 4.89. The van der Waals surface area contributed by atoms with Crippen LogP contribution in [0, 0.1) is 11.2 Å². The lowest BCUT2D eigenvalue weighted by atomic mass is 10.00. The molecule has 0 saturated carbocycles. The zero-order valence-corrected chi connectivity index (χ0v) is 18.2. The van der Waals surface area contributed by atoms with Crippen LogP contribution in [0.15, 0.2) is 79.6 Å². The van der Waals surface area contributed by atoms with E-state index < -0.39 is 5.82 Å². The second-order valence-electron chi connectivity index (χ2n) is 7.95. The molecule has 1 aromatic heterocycles. The molecule has 2 heterocycles. The van der Waals surface area contributed by atoms with Gasteiger partial charge in [-0.1, -0.05) is 24.8 Å². The number of carbonyl (C=O) groups excluding carboxylic acids is 1. The van der Waals surface area contributed by atoms with Crippen molar-refractivity contribution in [2.24, 2.45) is 0 Å². The minimum Gasteiger partial charge on any atom is -0.457 e. The maximum atomic E-state index is 15.0. The fraction of sp³-hybridized carbons (Fsp3) is 0.192. The summed E-state index contributed by atoms with van der Waals surface area (Å²) in [4.78, 5) is 17.9. The van der Waals surface area contributed by atoms with Crippen molar-refractivity contribution in [2.45, 2.75) is 18.9 Å². The van der Waals surface area contributed by atoms with Crippen LogP contribution in [-0.2, 0) is 4.79 Å². The van der Waals surface area contributed by atoms with Gasteiger partial charge in [-0.05, 0) is 36.8 Å². The van der Waals surface area contributed by atoms with Crippen LogP contribution in [0.25, 0.3) is 0 Å². The Balaban J connectivity index is 1.52. The standard InChI is InChI=1S/C26H25FN4O2/c1-2-25(32)31-14-6-7-18(17-31)30-24-12-13-29-16-22(24)26(28)21-11-10-20(15-23(21)27)33-19-8-4-3-5-9-19/h2-5,8-13,15-16,18,28H,1,6-7,14,17H2,(H,29,30)/p+1. The Hall–Kier alpha value is -3.84. The molecule has 3 N–H and O–H groups in total. The SMILES string of the molecule is C=CC(=O)N1CCCC([NH2+]c2ccncc2C(=N)c2ccc(Oc3ccccc3)cc2F)C1. The Morgan fingerprint density at radius 1 is 1.18 bits per heavy atom. The summed E-state index contributed by atoms with van der Waals surface area (Å²) >= 11 is 0. The highest BCUT2D eigenvalue weighted by Crippen LogP contribution is 2.25. The molecule has 1 saturated heterocycles. The first-order valence-corrected chi connectivity index (χ1v) is 10.9. The van der Waals surface area contributed by atoms with E-state index in [1.165, 1.54) is 12.1 Å². The average molecular weight is 446 g/mol. The normalized spacial score (nSPS) is 15.7. The summed E-state index contributed by atoms with van der Waals surface area (Å²) in [5.74, 6) is 0.363. The molecule has 0 bridgehead atoms. The molecule has 1 unspecified atom stereocenters. The molecule has 1 fully saturated rings. The van der Waals surface area contributed by atoms with Gasteiger partial charge < -0.3 is 15.0 Å². The first kappa shape index (κ1) is 22.4. The second-order valence-corrected chi connectivity index (χ2v) is 7.95. The van der Waals surface area contributed by atoms with Gasteiger partial charge in [0, 0.05) is 43.1 Å². The van der Waals surface area contributed by atoms with Gasteiger partial charge in [0.25, 0.3) is 0 Å². The molecule has 0 radical (unpaired) electrons. The zero-order chi connectivity index (χ0) is 23.2. The van der Waals surface area contributed by atoms with Crippen molar-refractivity contribution >= 4 is 17.3 Å². The number of quaternary nitrogens is 1. The number of ether oxygens (including phenoxy) is 1. The molecule has 168 valence electrons. The van der Waals surface area contributed by atoms with E-state index in [1.54, 1.807) is 41.6 Å². The number of hydrogen-bond acceptors (Lipinski definition) is 4. The van der Waals surface area contributed by atoms with E-state index in [9.17, 15) is 9.18 Å². The van der Waals surface area contributed by atoms with Gasteiger partial charge in [0.1, 0.15) is 29.0 Å². The Morgan fingerprint density at radius 2 is 2.00 bits per heavy atom. The van der Waals surface area contributed by atoms with E-state index in [2.05, 4.69) is 16.9 Å². The van der Waals surface area contributed by atoms with Crippen LogP contribution in [0.3, 0.4) is 0 Å². The van der Waals surface area contributed by atoms with Crippen molar-refractivity contribution in [3.05, 3.63) is 96.6 Å². The summed E-state index contributed by atoms with van der Waals surface area (Å²) in [7, 11) is 0. The monoisotopic (exact) mass is 445 g/mol. The minimum atomic E-state index is -0.538. The number of piperidine rings is 1. The van der Waals surface area contributed by atoms with Crippen molar-refractivity contribution in [1.82, 2.24) is 9.88 Å². The summed E-state index contributed by atoms with van der Waals surface area (Å²) in [5.41, 5.74) is 1.57. The second kappa shape index (κ2) is 10.2. The number of halogens is 1. The van der Waals surface area contributed by atoms with Gasteiger partial charge >= 0.3 is 0 Å². The molecule has 1 aliphatic heterocycles. The first-order chi connectivity index (χ1) is 16.0. The van der Waals surface area contributed by atoms with E-state index in [4.69, 9.17) is 10.1 Å². The van der Waals surface area contributed by atoms with Crippen molar-refractivity contribution < 1.29 is 19.2 Å². The Bertz CT molecular complexity index is 1170. The maximum Gasteiger partial charge on any atom is 0.246 e. The van der Waals surface area contributed by atoms with Gasteiger partial charge in [0.05, 0.1) is 17.8 Å². The molecule has 0 aliphatic carbocycles. The minimum absolute atomic E-state index is 0.0490. The van der Waals surface area contributed by atoms with Crippen LogP contribution in [0.2, 0.25) is 0 Å². The van der Waals surface area contributed by atoms with E-state index in [0.29, 0.717) is 23.6 Å². The first-order valence-electron chi connectivity index (χ1n) is 10.9. The molecule has 33 heavy (non-hydrogen) atoms. The number of amides is 1. The Labute approximate surface area is 192 Å². The molecular weight excluding hydrogens is 419 g/mol. The van der Waals surface area contributed by atoms with Crippen LogP contribution in [-0.4, -0.2) is 40.6 Å². The van der Waals surface area contributed by atoms with Gasteiger partial charge in [-0.15, -0.1) is 0 Å². The quantitative estimate of drug-likeness (QED) is 0.429. The van der Waals surface area contributed by atoms with E-state index >= 15 is 0 Å². The number of benzene rings is 2. The summed E-state index contributed by atoms with van der Waals surface area (Å²) < 4.78 is 20.6. The molecule has 3 aromatic rings. The summed E-state index contributed by atoms with van der Waals surface area (Å²) in [6, 6.07) is 15.6. The van der Waals surface area contributed by atoms with Crippen molar-refractivity contribution in [3.63, 3.8) is 0 Å². The molecule has 1 atom stereocenters. The third-order valence-corrected chi connectivity index (χ3v) is 5.67. The number of carbonyl (C=O) groups is 1. The van der Waals surface area contributed by atoms with Gasteiger partial charge in [-0.3, -0.25) is 15.2 Å². The van der Waals surface area contributed by atoms with Crippen LogP contribution >= 0.6 is 0 Å². The zero-order valence-electron chi connectivity index (χ0n) is 18.2. The number of hydrogen-bond donors (Lipinski definition) is 2. The highest BCUT2D eigenvalue weighted by Gasteiger charge is 2.27. The molecule has 7 heteroatoms. The molecule has 6 nitrogen and oxygen atoms in total. The third kappa shape index (κ3) is 5.32. The van der Waals surface area contributed by atoms with Crippen LogP contribution in [0.4, 0.5) is 10.1 Å². The lowest BCUT2D eigenvalue weighted by Gasteiger charge is -2.30. The number of nitrogens with two attached hydrogens (primary N) is 1. The fourth-order valence-electron chi connectivity index (χ4n) is 4.02. The molecule has 0 spiro atoms. The van der Waals surface area contributed by atoms with Gasteiger partial charge in [0.15, 0.2) is 0 Å². The summed E-state index contributed by atoms with van der Waals surface area (Å²) in [6.07, 6.45) is 6.42. The number of nitrogens with zero attached hydrogens (tertiary/aromatic N) is 2. The average Bonchev–Trinajstić information content (AvgIpc) is 2.84. The highest BCUT2D eigenvalue weighted by molar-refractivity contribution is 6.13. The molecule has 4 rings (SSSR count). The predicted molar refractivity (Wildman–Crippen MR) is 124 cm³/mol. The lowest BCUT2D eigenvalue weighted by Crippen LogP contribution is -2.87. The Morgan fingerprint density at radius 3 is 2.76 bits per heavy atom. The Kier molecular flexibility index (Phi) is 6.90. The molecule has 1 amide bonds. The topological polar surface area (TPSA) is 82.9 Å². The van der Waals surface area contributed by atoms with Gasteiger partial charge in [-0.25, -0.2) is 4.39 Å². The number of aromatic nitrogens is 1. The van der Waals surface area contributed by atoms with Crippen LogP contribution in [0.1, 0.15) is 24.0 Å². The highest BCUT2D eigenvalue weighted by atomic mass is 19.1. The maximum absolute atomic E-state index is 15.0. The van der Waals surface area contributed by atoms with E-state index in [1.807, 2.05) is 24.3 Å². The van der Waals surface area contributed by atoms with Crippen LogP contribution in [0.5, 0.6) is 11.5 Å². The summed E-state index contributed by atoms with van der Waals surface area (Å²) in [5, 5.41) is 10.7. The van der Waals surface area contributed by atoms with Crippen LogP contribution < -0.4 is 10.1 Å². The van der Waals surface area contributed by atoms with E-state index in [-0.39, 0.29) is 23.2 Å². The predicted octanol–water partition coefficient (Wildman–Crippen LogP) is 3.80. The van der Waals surface area contributed by atoms with Crippen molar-refractivity contribution in [2.75, 3.05) is 13.1 Å². The third-order valence-electron chi connectivity index (χ3n) is 5.67. The number of likely N-dealkylation sites (tertiary alicyclic amines) is 1. The molecule has 2 aromatic carbocycles. The fourth-order valence-corrected chi connectivity index (χ4v) is 4.02. The van der Waals surface area contributed by atoms with Crippen molar-refractivity contribution in [3.8, 4) is 11.5 Å². The smallest absolute Gasteiger partial charge is 0.246 e. The molecular formula is C26H26FN4O2+. The van der Waals surface area contributed by atoms with E-state index in [0.717, 1.165) is 25.1 Å². The lowest BCUT2D eigenvalue weighted by molar-refractivity contribution is -0.613. The largest absolute Gasteiger partial charge is 0.457 e. The number of para-hydroxylation sites is 1. The van der Waals surface area contributed by atoms with Gasteiger partial charge in [-0.2, -0.15) is 0 Å².